The Morgan fingerprint density at radius 1 is 1.57 bits per heavy atom. The quantitative estimate of drug-likeness (QED) is 0.568. The lowest BCUT2D eigenvalue weighted by atomic mass is 10.0. The number of hydrogen-bond acceptors (Lipinski definition) is 6. The van der Waals surface area contributed by atoms with E-state index in [1.165, 1.54) is 0 Å². The number of carboxylic acid groups (broad SMARTS) is 1. The van der Waals surface area contributed by atoms with E-state index in [4.69, 9.17) is 16.7 Å². The van der Waals surface area contributed by atoms with Gasteiger partial charge in [-0.2, -0.15) is 0 Å². The van der Waals surface area contributed by atoms with Gasteiger partial charge in [0.25, 0.3) is 15.7 Å². The lowest BCUT2D eigenvalue weighted by Gasteiger charge is -2.19. The average molecular weight is 357 g/mol. The summed E-state index contributed by atoms with van der Waals surface area (Å²) in [7, 11) is -4.07. The van der Waals surface area contributed by atoms with Gasteiger partial charge in [0.15, 0.2) is 4.34 Å². The number of hydrogen-bond donors (Lipinski definition) is 2. The average Bonchev–Trinajstić information content (AvgIpc) is 2.70. The SMILES string of the molecule is CC(C)C(CC(=O)O)NS(=O)(=O)c1cc([N+](=O)[O-])c(Cl)s1. The zero-order chi connectivity index (χ0) is 16.4. The molecule has 11 heteroatoms. The second-order valence-corrected chi connectivity index (χ2v) is 8.15. The number of halogens is 1. The van der Waals surface area contributed by atoms with Crippen LogP contribution in [-0.4, -0.2) is 30.5 Å². The summed E-state index contributed by atoms with van der Waals surface area (Å²) < 4.78 is 25.9. The fourth-order valence-corrected chi connectivity index (χ4v) is 4.52. The largest absolute Gasteiger partial charge is 0.481 e. The maximum absolute atomic E-state index is 12.1. The molecular weight excluding hydrogens is 344 g/mol. The predicted molar refractivity (Wildman–Crippen MR) is 77.2 cm³/mol. The summed E-state index contributed by atoms with van der Waals surface area (Å²) in [5, 5.41) is 19.5. The number of nitrogens with zero attached hydrogens (tertiary/aromatic N) is 1. The van der Waals surface area contributed by atoms with E-state index in [0.717, 1.165) is 6.07 Å². The van der Waals surface area contributed by atoms with Gasteiger partial charge in [-0.25, -0.2) is 13.1 Å². The summed E-state index contributed by atoms with van der Waals surface area (Å²) in [6.07, 6.45) is -0.391. The Morgan fingerprint density at radius 2 is 2.14 bits per heavy atom. The van der Waals surface area contributed by atoms with Crippen LogP contribution in [0, 0.1) is 16.0 Å². The van der Waals surface area contributed by atoms with Gasteiger partial charge >= 0.3 is 5.97 Å². The Kier molecular flexibility index (Phi) is 5.68. The molecule has 1 rings (SSSR count). The van der Waals surface area contributed by atoms with Crippen molar-refractivity contribution in [3.05, 3.63) is 20.5 Å². The van der Waals surface area contributed by atoms with Crippen LogP contribution in [0.4, 0.5) is 5.69 Å². The first-order valence-corrected chi connectivity index (χ1v) is 8.40. The van der Waals surface area contributed by atoms with Crippen molar-refractivity contribution < 1.29 is 23.2 Å². The highest BCUT2D eigenvalue weighted by atomic mass is 35.5. The molecule has 8 nitrogen and oxygen atoms in total. The zero-order valence-corrected chi connectivity index (χ0v) is 13.5. The Bertz CT molecular complexity index is 655. The van der Waals surface area contributed by atoms with E-state index >= 15 is 0 Å². The first kappa shape index (κ1) is 17.8. The number of sulfonamides is 1. The maximum atomic E-state index is 12.1. The summed E-state index contributed by atoms with van der Waals surface area (Å²) in [4.78, 5) is 20.6. The normalized spacial score (nSPS) is 13.3. The van der Waals surface area contributed by atoms with Gasteiger partial charge in [-0.05, 0) is 5.92 Å². The van der Waals surface area contributed by atoms with E-state index in [1.54, 1.807) is 13.8 Å². The molecule has 0 amide bonds. The molecule has 118 valence electrons. The highest BCUT2D eigenvalue weighted by Gasteiger charge is 2.29. The van der Waals surface area contributed by atoms with Crippen molar-refractivity contribution in [3.63, 3.8) is 0 Å². The van der Waals surface area contributed by atoms with Crippen LogP contribution < -0.4 is 4.72 Å². The van der Waals surface area contributed by atoms with Gasteiger partial charge < -0.3 is 5.11 Å². The standard InChI is InChI=1S/C10H13ClN2O6S2/c1-5(2)6(3-8(14)15)12-21(18,19)9-4-7(13(16)17)10(11)20-9/h4-6,12H,3H2,1-2H3,(H,14,15). The second-order valence-electron chi connectivity index (χ2n) is 4.55. The van der Waals surface area contributed by atoms with Crippen molar-refractivity contribution in [3.8, 4) is 0 Å². The number of carbonyl (C=O) groups is 1. The molecule has 0 fully saturated rings. The van der Waals surface area contributed by atoms with Crippen LogP contribution in [-0.2, 0) is 14.8 Å². The highest BCUT2D eigenvalue weighted by molar-refractivity contribution is 7.91. The van der Waals surface area contributed by atoms with Gasteiger partial charge in [0.1, 0.15) is 4.21 Å². The lowest BCUT2D eigenvalue weighted by molar-refractivity contribution is -0.384. The molecule has 1 unspecified atom stereocenters. The van der Waals surface area contributed by atoms with Gasteiger partial charge in [-0.1, -0.05) is 25.4 Å². The van der Waals surface area contributed by atoms with E-state index in [1.807, 2.05) is 0 Å². The minimum Gasteiger partial charge on any atom is -0.481 e. The van der Waals surface area contributed by atoms with Crippen molar-refractivity contribution in [2.45, 2.75) is 30.5 Å². The van der Waals surface area contributed by atoms with Crippen LogP contribution in [0.5, 0.6) is 0 Å². The van der Waals surface area contributed by atoms with Gasteiger partial charge in [0.05, 0.1) is 11.3 Å². The summed E-state index contributed by atoms with van der Waals surface area (Å²) >= 11 is 6.17. The van der Waals surface area contributed by atoms with Crippen LogP contribution in [0.15, 0.2) is 10.3 Å². The third-order valence-electron chi connectivity index (χ3n) is 2.61. The summed E-state index contributed by atoms with van der Waals surface area (Å²) in [5.41, 5.74) is -0.499. The number of nitro groups is 1. The van der Waals surface area contributed by atoms with Crippen LogP contribution in [0.3, 0.4) is 0 Å². The summed E-state index contributed by atoms with van der Waals surface area (Å²) in [6.45, 7) is 3.33. The van der Waals surface area contributed by atoms with Crippen LogP contribution in [0.25, 0.3) is 0 Å². The number of carboxylic acids is 1. The number of rotatable bonds is 7. The lowest BCUT2D eigenvalue weighted by Crippen LogP contribution is -2.39. The Labute approximate surface area is 129 Å². The van der Waals surface area contributed by atoms with Crippen LogP contribution in [0.2, 0.25) is 4.34 Å². The minimum atomic E-state index is -4.07. The summed E-state index contributed by atoms with van der Waals surface area (Å²) in [5.74, 6) is -1.41. The van der Waals surface area contributed by atoms with Crippen molar-refractivity contribution >= 4 is 44.6 Å². The van der Waals surface area contributed by atoms with E-state index in [-0.39, 0.29) is 14.5 Å². The molecule has 0 radical (unpaired) electrons. The maximum Gasteiger partial charge on any atom is 0.304 e. The van der Waals surface area contributed by atoms with Gasteiger partial charge in [0, 0.05) is 12.1 Å². The second kappa shape index (κ2) is 6.69. The Balaban J connectivity index is 3.07. The molecule has 2 N–H and O–H groups in total. The molecule has 0 saturated heterocycles. The monoisotopic (exact) mass is 356 g/mol. The molecule has 0 spiro atoms. The smallest absolute Gasteiger partial charge is 0.304 e. The van der Waals surface area contributed by atoms with Crippen molar-refractivity contribution in [2.24, 2.45) is 5.92 Å². The topological polar surface area (TPSA) is 127 Å². The molecule has 0 aliphatic heterocycles. The first-order chi connectivity index (χ1) is 9.54. The Hall–Kier alpha value is -1.23. The molecule has 1 aromatic heterocycles. The molecule has 0 bridgehead atoms. The van der Waals surface area contributed by atoms with E-state index in [2.05, 4.69) is 4.72 Å². The molecule has 1 heterocycles. The van der Waals surface area contributed by atoms with Crippen LogP contribution >= 0.6 is 22.9 Å². The van der Waals surface area contributed by atoms with E-state index < -0.39 is 39.1 Å². The van der Waals surface area contributed by atoms with Crippen molar-refractivity contribution in [1.82, 2.24) is 4.72 Å². The van der Waals surface area contributed by atoms with Gasteiger partial charge in [-0.3, -0.25) is 14.9 Å². The van der Waals surface area contributed by atoms with E-state index in [0.29, 0.717) is 11.3 Å². The van der Waals surface area contributed by atoms with Crippen LogP contribution in [0.1, 0.15) is 20.3 Å². The minimum absolute atomic E-state index is 0.250. The summed E-state index contributed by atoms with van der Waals surface area (Å²) in [6, 6.07) is 0.0282. The predicted octanol–water partition coefficient (Wildman–Crippen LogP) is 2.09. The number of aliphatic carboxylic acids is 1. The zero-order valence-electron chi connectivity index (χ0n) is 11.1. The molecule has 1 atom stereocenters. The fraction of sp³-hybridized carbons (Fsp3) is 0.500. The molecular formula is C10H13ClN2O6S2. The third-order valence-corrected chi connectivity index (χ3v) is 5.91. The molecule has 21 heavy (non-hydrogen) atoms. The van der Waals surface area contributed by atoms with Crippen molar-refractivity contribution in [1.29, 1.82) is 0 Å². The molecule has 0 aliphatic carbocycles. The van der Waals surface area contributed by atoms with Crippen molar-refractivity contribution in [2.75, 3.05) is 0 Å². The number of thiophene rings is 1. The number of nitrogens with one attached hydrogen (secondary N) is 1. The highest BCUT2D eigenvalue weighted by Crippen LogP contribution is 2.36. The molecule has 0 saturated carbocycles. The third kappa shape index (κ3) is 4.63. The molecule has 0 aromatic carbocycles. The molecule has 0 aliphatic rings. The Morgan fingerprint density at radius 3 is 2.52 bits per heavy atom. The van der Waals surface area contributed by atoms with Gasteiger partial charge in [-0.15, -0.1) is 11.3 Å². The first-order valence-electron chi connectivity index (χ1n) is 5.72. The fourth-order valence-electron chi connectivity index (χ4n) is 1.45. The van der Waals surface area contributed by atoms with E-state index in [9.17, 15) is 23.3 Å². The molecule has 1 aromatic rings. The van der Waals surface area contributed by atoms with Gasteiger partial charge in [0.2, 0.25) is 0 Å².